The van der Waals surface area contributed by atoms with Crippen LogP contribution in [-0.2, 0) is 4.74 Å². The molecule has 2 rings (SSSR count). The lowest BCUT2D eigenvalue weighted by Gasteiger charge is -2.13. The predicted octanol–water partition coefficient (Wildman–Crippen LogP) is 3.79. The number of benzene rings is 2. The van der Waals surface area contributed by atoms with Crippen molar-refractivity contribution in [3.63, 3.8) is 0 Å². The Hall–Kier alpha value is -2.75. The summed E-state index contributed by atoms with van der Waals surface area (Å²) in [5.74, 6) is -0.0855. The van der Waals surface area contributed by atoms with Crippen LogP contribution in [0.3, 0.4) is 0 Å². The lowest BCUT2D eigenvalue weighted by Crippen LogP contribution is -2.34. The molecule has 0 aliphatic heterocycles. The number of nitro groups is 1. The normalized spacial score (nSPS) is 10.2. The summed E-state index contributed by atoms with van der Waals surface area (Å²) in [4.78, 5) is 22.9. The summed E-state index contributed by atoms with van der Waals surface area (Å²) >= 11 is 10.9. The number of hydrogen-bond acceptors (Lipinski definition) is 6. The molecular weight excluding hydrogens is 406 g/mol. The second kappa shape index (κ2) is 10.5. The molecule has 0 aliphatic carbocycles. The van der Waals surface area contributed by atoms with Crippen LogP contribution in [0.1, 0.15) is 17.3 Å². The predicted molar refractivity (Wildman–Crippen MR) is 110 cm³/mol. The van der Waals surface area contributed by atoms with E-state index in [1.807, 2.05) is 6.92 Å². The Bertz CT molecular complexity index is 878. The van der Waals surface area contributed by atoms with Crippen LogP contribution in [0.4, 0.5) is 11.4 Å². The van der Waals surface area contributed by atoms with Crippen LogP contribution in [-0.4, -0.2) is 35.8 Å². The molecule has 2 N–H and O–H groups in total. The minimum Gasteiger partial charge on any atom is -0.490 e. The van der Waals surface area contributed by atoms with E-state index in [4.69, 9.17) is 33.3 Å². The number of para-hydroxylation sites is 1. The average molecular weight is 424 g/mol. The van der Waals surface area contributed by atoms with Crippen LogP contribution >= 0.6 is 23.8 Å². The van der Waals surface area contributed by atoms with Gasteiger partial charge in [0.1, 0.15) is 17.4 Å². The Labute approximate surface area is 171 Å². The Morgan fingerprint density at radius 2 is 2.00 bits per heavy atom. The number of anilines is 1. The largest absolute Gasteiger partial charge is 0.490 e. The maximum Gasteiger partial charge on any atom is 0.289 e. The van der Waals surface area contributed by atoms with Crippen molar-refractivity contribution in [3.8, 4) is 5.75 Å². The summed E-state index contributed by atoms with van der Waals surface area (Å²) in [6.07, 6.45) is 0. The molecule has 2 aromatic rings. The van der Waals surface area contributed by atoms with E-state index in [1.165, 1.54) is 18.2 Å². The lowest BCUT2D eigenvalue weighted by molar-refractivity contribution is -0.384. The summed E-state index contributed by atoms with van der Waals surface area (Å²) in [5, 5.41) is 16.2. The number of carbonyl (C=O) groups excluding carboxylic acids is 1. The number of amides is 1. The monoisotopic (exact) mass is 423 g/mol. The number of carbonyl (C=O) groups is 1. The van der Waals surface area contributed by atoms with Crippen LogP contribution < -0.4 is 15.4 Å². The van der Waals surface area contributed by atoms with Crippen molar-refractivity contribution in [2.45, 2.75) is 6.92 Å². The van der Waals surface area contributed by atoms with Gasteiger partial charge >= 0.3 is 0 Å². The summed E-state index contributed by atoms with van der Waals surface area (Å²) < 4.78 is 10.8. The van der Waals surface area contributed by atoms with Gasteiger partial charge in [-0.1, -0.05) is 23.7 Å². The Morgan fingerprint density at radius 1 is 1.25 bits per heavy atom. The Balaban J connectivity index is 2.02. The van der Waals surface area contributed by atoms with Gasteiger partial charge < -0.3 is 14.8 Å². The average Bonchev–Trinajstić information content (AvgIpc) is 2.66. The molecule has 0 aromatic heterocycles. The molecule has 8 nitrogen and oxygen atoms in total. The quantitative estimate of drug-likeness (QED) is 0.288. The fraction of sp³-hybridized carbons (Fsp3) is 0.222. The second-order valence-electron chi connectivity index (χ2n) is 5.37. The molecule has 0 spiro atoms. The zero-order valence-electron chi connectivity index (χ0n) is 14.9. The van der Waals surface area contributed by atoms with Gasteiger partial charge in [-0.25, -0.2) is 0 Å². The van der Waals surface area contributed by atoms with E-state index in [1.54, 1.807) is 24.3 Å². The van der Waals surface area contributed by atoms with Gasteiger partial charge in [0.25, 0.3) is 11.6 Å². The molecular formula is C18H18ClN3O5S. The van der Waals surface area contributed by atoms with E-state index in [2.05, 4.69) is 10.6 Å². The van der Waals surface area contributed by atoms with Crippen molar-refractivity contribution in [2.24, 2.45) is 0 Å². The van der Waals surface area contributed by atoms with E-state index in [-0.39, 0.29) is 15.8 Å². The van der Waals surface area contributed by atoms with E-state index in [0.29, 0.717) is 36.8 Å². The highest BCUT2D eigenvalue weighted by Crippen LogP contribution is 2.27. The molecule has 10 heteroatoms. The second-order valence-corrected chi connectivity index (χ2v) is 6.19. The van der Waals surface area contributed by atoms with Gasteiger partial charge in [0.15, 0.2) is 5.11 Å². The van der Waals surface area contributed by atoms with Gasteiger partial charge in [-0.2, -0.15) is 0 Å². The molecule has 0 saturated heterocycles. The smallest absolute Gasteiger partial charge is 0.289 e. The van der Waals surface area contributed by atoms with Crippen molar-refractivity contribution in [3.05, 3.63) is 63.2 Å². The summed E-state index contributed by atoms with van der Waals surface area (Å²) in [6.45, 7) is 3.16. The van der Waals surface area contributed by atoms with Gasteiger partial charge in [0.2, 0.25) is 0 Å². The molecule has 0 fully saturated rings. The highest BCUT2D eigenvalue weighted by molar-refractivity contribution is 7.80. The minimum absolute atomic E-state index is 0.00336. The highest BCUT2D eigenvalue weighted by Gasteiger charge is 2.16. The van der Waals surface area contributed by atoms with Crippen molar-refractivity contribution in [1.82, 2.24) is 5.32 Å². The molecule has 148 valence electrons. The summed E-state index contributed by atoms with van der Waals surface area (Å²) in [6, 6.07) is 10.8. The van der Waals surface area contributed by atoms with E-state index < -0.39 is 10.8 Å². The van der Waals surface area contributed by atoms with Crippen molar-refractivity contribution >= 4 is 46.2 Å². The van der Waals surface area contributed by atoms with Gasteiger partial charge in [-0.05, 0) is 43.4 Å². The van der Waals surface area contributed by atoms with Crippen LogP contribution in [0.2, 0.25) is 5.02 Å². The number of nitrogens with zero attached hydrogens (tertiary/aromatic N) is 1. The first-order valence-electron chi connectivity index (χ1n) is 8.28. The first-order chi connectivity index (χ1) is 13.4. The number of thiocarbonyl (C=S) groups is 1. The standard InChI is InChI=1S/C18H18ClN3O5S/c1-2-26-9-10-27-16-6-4-3-5-13(16)17(23)21-18(28)20-12-7-8-14(19)15(11-12)22(24)25/h3-8,11H,2,9-10H2,1H3,(H2,20,21,23,28). The number of halogens is 1. The fourth-order valence-electron chi connectivity index (χ4n) is 2.20. The summed E-state index contributed by atoms with van der Waals surface area (Å²) in [5.41, 5.74) is 0.349. The number of ether oxygens (including phenoxy) is 2. The minimum atomic E-state index is -0.606. The SMILES string of the molecule is CCOCCOc1ccccc1C(=O)NC(=S)Nc1ccc(Cl)c([N+](=O)[O-])c1. The van der Waals surface area contributed by atoms with E-state index in [0.717, 1.165) is 0 Å². The topological polar surface area (TPSA) is 103 Å². The zero-order valence-corrected chi connectivity index (χ0v) is 16.5. The first kappa shape index (κ1) is 21.5. The third-order valence-corrected chi connectivity index (χ3v) is 3.97. The zero-order chi connectivity index (χ0) is 20.5. The van der Waals surface area contributed by atoms with Gasteiger partial charge in [-0.3, -0.25) is 20.2 Å². The third kappa shape index (κ3) is 6.15. The maximum absolute atomic E-state index is 12.5. The molecule has 0 aliphatic rings. The molecule has 0 atom stereocenters. The number of nitrogens with one attached hydrogen (secondary N) is 2. The van der Waals surface area contributed by atoms with Gasteiger partial charge in [0.05, 0.1) is 17.1 Å². The van der Waals surface area contributed by atoms with Crippen LogP contribution in [0, 0.1) is 10.1 Å². The van der Waals surface area contributed by atoms with E-state index in [9.17, 15) is 14.9 Å². The van der Waals surface area contributed by atoms with Crippen LogP contribution in [0.25, 0.3) is 0 Å². The molecule has 0 radical (unpaired) electrons. The Morgan fingerprint density at radius 3 is 2.71 bits per heavy atom. The van der Waals surface area contributed by atoms with Gasteiger partial charge in [0, 0.05) is 18.4 Å². The highest BCUT2D eigenvalue weighted by atomic mass is 35.5. The maximum atomic E-state index is 12.5. The molecule has 0 unspecified atom stereocenters. The first-order valence-corrected chi connectivity index (χ1v) is 9.06. The van der Waals surface area contributed by atoms with E-state index >= 15 is 0 Å². The molecule has 28 heavy (non-hydrogen) atoms. The lowest BCUT2D eigenvalue weighted by atomic mass is 10.2. The van der Waals surface area contributed by atoms with Crippen molar-refractivity contribution in [1.29, 1.82) is 0 Å². The van der Waals surface area contributed by atoms with Crippen LogP contribution in [0.15, 0.2) is 42.5 Å². The number of hydrogen-bond donors (Lipinski definition) is 2. The van der Waals surface area contributed by atoms with Crippen LogP contribution in [0.5, 0.6) is 5.75 Å². The molecule has 0 saturated carbocycles. The fourth-order valence-corrected chi connectivity index (χ4v) is 2.60. The number of rotatable bonds is 8. The van der Waals surface area contributed by atoms with Crippen molar-refractivity contribution < 1.29 is 19.2 Å². The molecule has 0 bridgehead atoms. The molecule has 2 aromatic carbocycles. The Kier molecular flexibility index (Phi) is 8.12. The van der Waals surface area contributed by atoms with Gasteiger partial charge in [-0.15, -0.1) is 0 Å². The third-order valence-electron chi connectivity index (χ3n) is 3.45. The number of nitro benzene ring substituents is 1. The molecule has 1 amide bonds. The molecule has 0 heterocycles. The summed E-state index contributed by atoms with van der Waals surface area (Å²) in [7, 11) is 0. The van der Waals surface area contributed by atoms with Crippen molar-refractivity contribution in [2.75, 3.05) is 25.1 Å².